The van der Waals surface area contributed by atoms with Crippen LogP contribution in [0.2, 0.25) is 0 Å². The molecule has 0 saturated carbocycles. The van der Waals surface area contributed by atoms with Gasteiger partial charge in [-0.25, -0.2) is 0 Å². The van der Waals surface area contributed by atoms with E-state index in [-0.39, 0.29) is 6.61 Å². The fourth-order valence-corrected chi connectivity index (χ4v) is 5.12. The van der Waals surface area contributed by atoms with E-state index < -0.39 is 98.7 Å². The molecule has 0 aromatic heterocycles. The molecule has 0 aromatic rings. The van der Waals surface area contributed by atoms with E-state index in [1.54, 1.807) is 0 Å². The summed E-state index contributed by atoms with van der Waals surface area (Å²) >= 11 is 0. The van der Waals surface area contributed by atoms with Crippen molar-refractivity contribution in [2.75, 3.05) is 13.2 Å². The summed E-state index contributed by atoms with van der Waals surface area (Å²) in [7, 11) is 0. The van der Waals surface area contributed by atoms with E-state index in [1.807, 2.05) is 0 Å². The first-order valence-electron chi connectivity index (χ1n) is 14.3. The Balaban J connectivity index is 1.81. The highest BCUT2D eigenvalue weighted by Gasteiger charge is 2.53. The highest BCUT2D eigenvalue weighted by Crippen LogP contribution is 2.33. The first-order chi connectivity index (χ1) is 19.0. The summed E-state index contributed by atoms with van der Waals surface area (Å²) in [5, 5.41) is 82.7. The molecular weight excluding hydrogens is 536 g/mol. The van der Waals surface area contributed by atoms with Gasteiger partial charge in [-0.05, 0) is 20.3 Å². The predicted octanol–water partition coefficient (Wildman–Crippen LogP) is -2.13. The van der Waals surface area contributed by atoms with Crippen LogP contribution in [0.15, 0.2) is 0 Å². The molecule has 3 fully saturated rings. The van der Waals surface area contributed by atoms with Crippen molar-refractivity contribution in [3.63, 3.8) is 0 Å². The molecule has 0 aliphatic carbocycles. The average Bonchev–Trinajstić information content (AvgIpc) is 2.94. The topological polar surface area (TPSA) is 217 Å². The van der Waals surface area contributed by atoms with Gasteiger partial charge in [-0.15, -0.1) is 0 Å². The van der Waals surface area contributed by atoms with Crippen LogP contribution < -0.4 is 0 Å². The molecule has 0 radical (unpaired) electrons. The quantitative estimate of drug-likeness (QED) is 0.109. The van der Waals surface area contributed by atoms with E-state index in [0.717, 1.165) is 32.1 Å². The SMILES string of the molecule is CCCCCCCCO[C@@H]1O[C@H](CO)[C@H](O)[C@H](O[C@H]2O[C@H](C)[C@H](O)[C@H](O)[C@H]2O)[C@H]1O[C@@H]1O[C@@H](C)[C@@H](O)[C@@H](O)[C@@H]1O. The molecule has 0 bridgehead atoms. The van der Waals surface area contributed by atoms with Gasteiger partial charge in [0.1, 0.15) is 61.0 Å². The van der Waals surface area contributed by atoms with Crippen molar-refractivity contribution in [1.29, 1.82) is 0 Å². The molecule has 14 nitrogen and oxygen atoms in total. The molecule has 3 aliphatic rings. The maximum absolute atomic E-state index is 11.1. The Morgan fingerprint density at radius 1 is 0.550 bits per heavy atom. The van der Waals surface area contributed by atoms with Gasteiger partial charge in [-0.2, -0.15) is 0 Å². The van der Waals surface area contributed by atoms with Crippen LogP contribution in [-0.2, 0) is 28.4 Å². The Morgan fingerprint density at radius 3 is 1.57 bits per heavy atom. The monoisotopic (exact) mass is 584 g/mol. The molecule has 3 heterocycles. The fourth-order valence-electron chi connectivity index (χ4n) is 5.12. The summed E-state index contributed by atoms with van der Waals surface area (Å²) in [4.78, 5) is 0. The second-order valence-electron chi connectivity index (χ2n) is 10.9. The summed E-state index contributed by atoms with van der Waals surface area (Å²) < 4.78 is 34.7. The van der Waals surface area contributed by atoms with Crippen LogP contribution in [0, 0.1) is 0 Å². The molecule has 40 heavy (non-hydrogen) atoms. The zero-order chi connectivity index (χ0) is 29.6. The molecule has 0 aromatic carbocycles. The maximum atomic E-state index is 11.1. The zero-order valence-electron chi connectivity index (χ0n) is 23.3. The van der Waals surface area contributed by atoms with Crippen LogP contribution in [0.5, 0.6) is 0 Å². The third kappa shape index (κ3) is 8.08. The maximum Gasteiger partial charge on any atom is 0.187 e. The number of unbranched alkanes of at least 4 members (excludes halogenated alkanes) is 5. The molecule has 3 aliphatic heterocycles. The van der Waals surface area contributed by atoms with Crippen LogP contribution in [0.25, 0.3) is 0 Å². The number of ether oxygens (including phenoxy) is 6. The minimum Gasteiger partial charge on any atom is -0.394 e. The normalized spacial score (nSPS) is 46.4. The molecule has 14 heteroatoms. The van der Waals surface area contributed by atoms with E-state index in [0.29, 0.717) is 6.42 Å². The Hall–Kier alpha value is -0.560. The average molecular weight is 585 g/mol. The van der Waals surface area contributed by atoms with Gasteiger partial charge < -0.3 is 69.3 Å². The van der Waals surface area contributed by atoms with E-state index in [9.17, 15) is 40.9 Å². The third-order valence-corrected chi connectivity index (χ3v) is 7.78. The second-order valence-corrected chi connectivity index (χ2v) is 10.9. The fraction of sp³-hybridized carbons (Fsp3) is 1.00. The Bertz CT molecular complexity index is 732. The molecule has 236 valence electrons. The lowest BCUT2D eigenvalue weighted by Crippen LogP contribution is -2.66. The van der Waals surface area contributed by atoms with Gasteiger partial charge in [0.15, 0.2) is 18.9 Å². The van der Waals surface area contributed by atoms with Gasteiger partial charge in [0.25, 0.3) is 0 Å². The van der Waals surface area contributed by atoms with E-state index in [1.165, 1.54) is 13.8 Å². The highest BCUT2D eigenvalue weighted by molar-refractivity contribution is 4.96. The number of aliphatic hydroxyl groups excluding tert-OH is 8. The predicted molar refractivity (Wildman–Crippen MR) is 136 cm³/mol. The molecule has 0 spiro atoms. The largest absolute Gasteiger partial charge is 0.394 e. The smallest absolute Gasteiger partial charge is 0.187 e. The second kappa shape index (κ2) is 15.8. The third-order valence-electron chi connectivity index (χ3n) is 7.78. The van der Waals surface area contributed by atoms with Gasteiger partial charge in [0.2, 0.25) is 0 Å². The van der Waals surface area contributed by atoms with Crippen LogP contribution in [0.4, 0.5) is 0 Å². The summed E-state index contributed by atoms with van der Waals surface area (Å²) in [5.74, 6) is 0. The number of hydrogen-bond acceptors (Lipinski definition) is 14. The zero-order valence-corrected chi connectivity index (χ0v) is 23.3. The Morgan fingerprint density at radius 2 is 1.05 bits per heavy atom. The molecule has 15 atom stereocenters. The number of hydrogen-bond donors (Lipinski definition) is 8. The van der Waals surface area contributed by atoms with E-state index >= 15 is 0 Å². The summed E-state index contributed by atoms with van der Waals surface area (Å²) in [6.07, 6.45) is -15.1. The summed E-state index contributed by atoms with van der Waals surface area (Å²) in [5.41, 5.74) is 0. The van der Waals surface area contributed by atoms with Crippen molar-refractivity contribution in [2.45, 2.75) is 151 Å². The van der Waals surface area contributed by atoms with Gasteiger partial charge >= 0.3 is 0 Å². The van der Waals surface area contributed by atoms with Crippen molar-refractivity contribution >= 4 is 0 Å². The molecule has 0 amide bonds. The summed E-state index contributed by atoms with van der Waals surface area (Å²) in [6.45, 7) is 4.68. The van der Waals surface area contributed by atoms with Gasteiger partial charge in [0, 0.05) is 6.61 Å². The molecule has 0 unspecified atom stereocenters. The van der Waals surface area contributed by atoms with Gasteiger partial charge in [0.05, 0.1) is 18.8 Å². The molecule has 3 saturated heterocycles. The van der Waals surface area contributed by atoms with Crippen molar-refractivity contribution in [3.8, 4) is 0 Å². The van der Waals surface area contributed by atoms with Crippen molar-refractivity contribution in [3.05, 3.63) is 0 Å². The van der Waals surface area contributed by atoms with Crippen molar-refractivity contribution in [2.24, 2.45) is 0 Å². The molecule has 3 rings (SSSR count). The first kappa shape index (κ1) is 33.9. The van der Waals surface area contributed by atoms with E-state index in [2.05, 4.69) is 6.92 Å². The van der Waals surface area contributed by atoms with Gasteiger partial charge in [-0.3, -0.25) is 0 Å². The minimum atomic E-state index is -1.70. The van der Waals surface area contributed by atoms with E-state index in [4.69, 9.17) is 28.4 Å². The van der Waals surface area contributed by atoms with Crippen molar-refractivity contribution < 1.29 is 69.3 Å². The van der Waals surface area contributed by atoms with Crippen molar-refractivity contribution in [1.82, 2.24) is 0 Å². The molecule has 8 N–H and O–H groups in total. The number of aliphatic hydroxyl groups is 8. The lowest BCUT2D eigenvalue weighted by Gasteiger charge is -2.48. The van der Waals surface area contributed by atoms with Crippen LogP contribution in [-0.4, -0.2) is 146 Å². The van der Waals surface area contributed by atoms with Crippen LogP contribution >= 0.6 is 0 Å². The lowest BCUT2D eigenvalue weighted by atomic mass is 9.96. The standard InChI is InChI=1S/C26H48O14/c1-4-5-6-7-8-9-10-35-26-23(40-25-21(34)19(32)16(29)13(3)37-25)22(17(30)14(11-27)38-26)39-24-20(33)18(31)15(28)12(2)36-24/h12-34H,4-11H2,1-3H3/t12-,13+,14-,15+,16-,17+,18+,19-,20-,21+,22+,23-,24-,25+,26-/m1/s1. The van der Waals surface area contributed by atoms with Gasteiger partial charge in [-0.1, -0.05) is 39.0 Å². The molecular formula is C26H48O14. The van der Waals surface area contributed by atoms with Crippen LogP contribution in [0.3, 0.4) is 0 Å². The highest BCUT2D eigenvalue weighted by atomic mass is 16.8. The number of rotatable bonds is 13. The van der Waals surface area contributed by atoms with Crippen LogP contribution in [0.1, 0.15) is 59.3 Å². The minimum absolute atomic E-state index is 0.230. The Kier molecular flexibility index (Phi) is 13.4. The first-order valence-corrected chi connectivity index (χ1v) is 14.3. The summed E-state index contributed by atoms with van der Waals surface area (Å²) in [6, 6.07) is 0. The Labute approximate surface area is 234 Å². The lowest BCUT2D eigenvalue weighted by molar-refractivity contribution is -0.389.